The molecule has 1 saturated carbocycles. The first-order valence-electron chi connectivity index (χ1n) is 6.25. The summed E-state index contributed by atoms with van der Waals surface area (Å²) in [5.74, 6) is 0.607. The zero-order valence-corrected chi connectivity index (χ0v) is 10.4. The van der Waals surface area contributed by atoms with Gasteiger partial charge in [-0.1, -0.05) is 6.42 Å². The van der Waals surface area contributed by atoms with Crippen molar-refractivity contribution in [3.8, 4) is 0 Å². The molecule has 2 fully saturated rings. The molecule has 1 saturated heterocycles. The quantitative estimate of drug-likeness (QED) is 0.684. The Morgan fingerprint density at radius 1 is 1.41 bits per heavy atom. The summed E-state index contributed by atoms with van der Waals surface area (Å²) in [6.07, 6.45) is 3.55. The highest BCUT2D eigenvalue weighted by Gasteiger charge is 2.42. The molecule has 1 amide bonds. The summed E-state index contributed by atoms with van der Waals surface area (Å²) in [5.41, 5.74) is 0. The van der Waals surface area contributed by atoms with Gasteiger partial charge in [0.15, 0.2) is 0 Å². The molecule has 4 atom stereocenters. The van der Waals surface area contributed by atoms with Gasteiger partial charge in [-0.25, -0.2) is 4.79 Å². The minimum absolute atomic E-state index is 0.0719. The van der Waals surface area contributed by atoms with E-state index in [0.717, 1.165) is 13.0 Å². The third-order valence-corrected chi connectivity index (χ3v) is 3.94. The lowest BCUT2D eigenvalue weighted by atomic mass is 9.93. The Morgan fingerprint density at radius 3 is 2.88 bits per heavy atom. The number of hydrogen-bond donors (Lipinski definition) is 2. The third kappa shape index (κ3) is 2.44. The highest BCUT2D eigenvalue weighted by Crippen LogP contribution is 2.37. The Hall–Kier alpha value is -1.10. The Bertz CT molecular complexity index is 319. The van der Waals surface area contributed by atoms with Gasteiger partial charge in [0.2, 0.25) is 5.91 Å². The number of fused-ring (bicyclic) bond motifs is 1. The second-order valence-electron chi connectivity index (χ2n) is 4.99. The molecule has 0 aromatic heterocycles. The Labute approximate surface area is 101 Å². The van der Waals surface area contributed by atoms with Gasteiger partial charge in [-0.3, -0.25) is 4.79 Å². The van der Waals surface area contributed by atoms with Crippen LogP contribution in [0.1, 0.15) is 26.2 Å². The van der Waals surface area contributed by atoms with Crippen molar-refractivity contribution in [1.29, 1.82) is 0 Å². The van der Waals surface area contributed by atoms with Gasteiger partial charge >= 0.3 is 5.97 Å². The summed E-state index contributed by atoms with van der Waals surface area (Å²) in [6, 6.07) is -0.704. The van der Waals surface area contributed by atoms with Crippen molar-refractivity contribution in [1.82, 2.24) is 10.6 Å². The van der Waals surface area contributed by atoms with Crippen LogP contribution < -0.4 is 10.6 Å². The molecule has 17 heavy (non-hydrogen) atoms. The molecule has 1 aliphatic carbocycles. The molecule has 0 radical (unpaired) electrons. The minimum Gasteiger partial charge on any atom is -0.467 e. The predicted molar refractivity (Wildman–Crippen MR) is 62.2 cm³/mol. The summed E-state index contributed by atoms with van der Waals surface area (Å²) in [6.45, 7) is 2.57. The maximum Gasteiger partial charge on any atom is 0.328 e. The number of carbonyl (C=O) groups is 2. The largest absolute Gasteiger partial charge is 0.467 e. The fourth-order valence-corrected chi connectivity index (χ4v) is 3.01. The maximum atomic E-state index is 12.0. The maximum absolute atomic E-state index is 12.0. The molecular weight excluding hydrogens is 220 g/mol. The van der Waals surface area contributed by atoms with Crippen molar-refractivity contribution in [3.63, 3.8) is 0 Å². The molecule has 1 heterocycles. The van der Waals surface area contributed by atoms with E-state index in [0.29, 0.717) is 11.8 Å². The van der Waals surface area contributed by atoms with Gasteiger partial charge in [0.05, 0.1) is 13.2 Å². The normalized spacial score (nSPS) is 32.9. The van der Waals surface area contributed by atoms with Gasteiger partial charge in [0, 0.05) is 0 Å². The zero-order valence-electron chi connectivity index (χ0n) is 10.4. The third-order valence-electron chi connectivity index (χ3n) is 3.94. The van der Waals surface area contributed by atoms with Gasteiger partial charge in [-0.15, -0.1) is 0 Å². The number of amides is 1. The van der Waals surface area contributed by atoms with Crippen LogP contribution in [0, 0.1) is 11.8 Å². The lowest BCUT2D eigenvalue weighted by Gasteiger charge is -2.19. The smallest absolute Gasteiger partial charge is 0.328 e. The molecule has 5 heteroatoms. The molecule has 4 unspecified atom stereocenters. The van der Waals surface area contributed by atoms with Crippen LogP contribution in [0.5, 0.6) is 0 Å². The van der Waals surface area contributed by atoms with Crippen molar-refractivity contribution < 1.29 is 14.3 Å². The monoisotopic (exact) mass is 240 g/mol. The molecule has 5 nitrogen and oxygen atoms in total. The summed E-state index contributed by atoms with van der Waals surface area (Å²) in [7, 11) is 1.33. The van der Waals surface area contributed by atoms with E-state index in [1.165, 1.54) is 20.0 Å². The summed E-state index contributed by atoms with van der Waals surface area (Å²) in [5, 5.41) is 5.97. The number of esters is 1. The van der Waals surface area contributed by atoms with E-state index in [-0.39, 0.29) is 11.9 Å². The van der Waals surface area contributed by atoms with E-state index in [1.54, 1.807) is 6.92 Å². The van der Waals surface area contributed by atoms with Gasteiger partial charge in [-0.2, -0.15) is 0 Å². The number of nitrogens with one attached hydrogen (secondary N) is 2. The Kier molecular flexibility index (Phi) is 3.66. The van der Waals surface area contributed by atoms with Crippen LogP contribution in [0.2, 0.25) is 0 Å². The summed E-state index contributed by atoms with van der Waals surface area (Å²) < 4.78 is 4.59. The summed E-state index contributed by atoms with van der Waals surface area (Å²) in [4.78, 5) is 23.3. The van der Waals surface area contributed by atoms with Crippen LogP contribution in [0.3, 0.4) is 0 Å². The molecule has 2 N–H and O–H groups in total. The van der Waals surface area contributed by atoms with Crippen LogP contribution in [0.4, 0.5) is 0 Å². The number of carbonyl (C=O) groups excluding carboxylic acids is 2. The SMILES string of the molecule is COC(=O)C(C)NC(=O)C1NCC2CCCC21. The lowest BCUT2D eigenvalue weighted by molar-refractivity contribution is -0.144. The average Bonchev–Trinajstić information content (AvgIpc) is 2.88. The molecular formula is C12H20N2O3. The number of methoxy groups -OCH3 is 1. The van der Waals surface area contributed by atoms with Gasteiger partial charge in [-0.05, 0) is 38.1 Å². The molecule has 0 aromatic rings. The highest BCUT2D eigenvalue weighted by atomic mass is 16.5. The number of rotatable bonds is 3. The minimum atomic E-state index is -0.574. The van der Waals surface area contributed by atoms with E-state index >= 15 is 0 Å². The number of hydrogen-bond acceptors (Lipinski definition) is 4. The molecule has 0 bridgehead atoms. The van der Waals surface area contributed by atoms with Gasteiger partial charge in [0.25, 0.3) is 0 Å². The van der Waals surface area contributed by atoms with Crippen LogP contribution in [-0.2, 0) is 14.3 Å². The Balaban J connectivity index is 1.90. The fraction of sp³-hybridized carbons (Fsp3) is 0.833. The van der Waals surface area contributed by atoms with Crippen LogP contribution in [0.15, 0.2) is 0 Å². The van der Waals surface area contributed by atoms with Gasteiger partial charge in [0.1, 0.15) is 6.04 Å². The zero-order chi connectivity index (χ0) is 12.4. The summed E-state index contributed by atoms with van der Waals surface area (Å²) >= 11 is 0. The first-order chi connectivity index (χ1) is 8.13. The standard InChI is InChI=1S/C12H20N2O3/c1-7(12(16)17-2)14-11(15)10-9-5-3-4-8(9)6-13-10/h7-10,13H,3-6H2,1-2H3,(H,14,15). The van der Waals surface area contributed by atoms with E-state index in [4.69, 9.17) is 0 Å². The second-order valence-corrected chi connectivity index (χ2v) is 4.99. The second kappa shape index (κ2) is 5.04. The van der Waals surface area contributed by atoms with Crippen molar-refractivity contribution in [2.45, 2.75) is 38.3 Å². The molecule has 0 spiro atoms. The molecule has 2 rings (SSSR count). The topological polar surface area (TPSA) is 67.4 Å². The van der Waals surface area contributed by atoms with Crippen molar-refractivity contribution in [3.05, 3.63) is 0 Å². The van der Waals surface area contributed by atoms with E-state index in [2.05, 4.69) is 15.4 Å². The van der Waals surface area contributed by atoms with E-state index in [1.807, 2.05) is 0 Å². The predicted octanol–water partition coefficient (Wildman–Crippen LogP) is 0.0522. The van der Waals surface area contributed by atoms with E-state index < -0.39 is 12.0 Å². The molecule has 96 valence electrons. The Morgan fingerprint density at radius 2 is 2.18 bits per heavy atom. The number of ether oxygens (including phenoxy) is 1. The molecule has 0 aromatic carbocycles. The van der Waals surface area contributed by atoms with Crippen molar-refractivity contribution in [2.75, 3.05) is 13.7 Å². The van der Waals surface area contributed by atoms with E-state index in [9.17, 15) is 9.59 Å². The van der Waals surface area contributed by atoms with Crippen molar-refractivity contribution >= 4 is 11.9 Å². The van der Waals surface area contributed by atoms with Crippen LogP contribution in [-0.4, -0.2) is 37.6 Å². The fourth-order valence-electron chi connectivity index (χ4n) is 3.01. The van der Waals surface area contributed by atoms with Crippen LogP contribution in [0.25, 0.3) is 0 Å². The first-order valence-corrected chi connectivity index (χ1v) is 6.25. The molecule has 2 aliphatic rings. The lowest BCUT2D eigenvalue weighted by Crippen LogP contribution is -2.49. The van der Waals surface area contributed by atoms with Gasteiger partial charge < -0.3 is 15.4 Å². The average molecular weight is 240 g/mol. The highest BCUT2D eigenvalue weighted by molar-refractivity contribution is 5.87. The van der Waals surface area contributed by atoms with Crippen LogP contribution >= 0.6 is 0 Å². The first kappa shape index (κ1) is 12.4. The van der Waals surface area contributed by atoms with Crippen molar-refractivity contribution in [2.24, 2.45) is 11.8 Å². The molecule has 1 aliphatic heterocycles.